The highest BCUT2D eigenvalue weighted by Gasteiger charge is 2.07. The van der Waals surface area contributed by atoms with Gasteiger partial charge in [-0.1, -0.05) is 30.3 Å². The van der Waals surface area contributed by atoms with E-state index in [4.69, 9.17) is 9.84 Å². The molecule has 0 aromatic heterocycles. The molecule has 21 heavy (non-hydrogen) atoms. The van der Waals surface area contributed by atoms with Gasteiger partial charge in [-0.2, -0.15) is 0 Å². The molecule has 0 saturated heterocycles. The summed E-state index contributed by atoms with van der Waals surface area (Å²) in [4.78, 5) is 11.1. The number of ether oxygens (including phenoxy) is 1. The molecule has 0 aliphatic heterocycles. The lowest BCUT2D eigenvalue weighted by Gasteiger charge is -2.08. The zero-order valence-corrected chi connectivity index (χ0v) is 12.5. The molecule has 0 radical (unpaired) electrons. The van der Waals surface area contributed by atoms with Gasteiger partial charge in [-0.05, 0) is 29.3 Å². The summed E-state index contributed by atoms with van der Waals surface area (Å²) in [6.07, 6.45) is 0. The first-order chi connectivity index (χ1) is 9.70. The first-order valence-corrected chi connectivity index (χ1v) is 6.35. The number of carboxylic acids is 1. The molecule has 0 aliphatic carbocycles. The van der Waals surface area contributed by atoms with Crippen LogP contribution in [-0.2, 0) is 13.1 Å². The van der Waals surface area contributed by atoms with E-state index in [9.17, 15) is 4.79 Å². The van der Waals surface area contributed by atoms with Crippen molar-refractivity contribution in [3.8, 4) is 5.75 Å². The molecule has 4 nitrogen and oxygen atoms in total. The van der Waals surface area contributed by atoms with E-state index in [1.165, 1.54) is 0 Å². The second-order valence-corrected chi connectivity index (χ2v) is 4.41. The smallest absolute Gasteiger partial charge is 0.336 e. The number of aromatic carboxylic acids is 1. The fraction of sp³-hybridized carbons (Fsp3) is 0.188. The summed E-state index contributed by atoms with van der Waals surface area (Å²) >= 11 is 0. The van der Waals surface area contributed by atoms with Crippen molar-refractivity contribution >= 4 is 18.4 Å². The quantitative estimate of drug-likeness (QED) is 0.861. The predicted molar refractivity (Wildman–Crippen MR) is 84.2 cm³/mol. The topological polar surface area (TPSA) is 58.6 Å². The van der Waals surface area contributed by atoms with Crippen LogP contribution in [0, 0.1) is 0 Å². The highest BCUT2D eigenvalue weighted by Crippen LogP contribution is 2.12. The van der Waals surface area contributed by atoms with E-state index in [0.29, 0.717) is 18.7 Å². The number of hydrogen-bond acceptors (Lipinski definition) is 3. The summed E-state index contributed by atoms with van der Waals surface area (Å²) in [6.45, 7) is 1.20. The normalized spacial score (nSPS) is 9.76. The van der Waals surface area contributed by atoms with Gasteiger partial charge in [0.2, 0.25) is 0 Å². The number of halogens is 1. The maximum absolute atomic E-state index is 11.1. The van der Waals surface area contributed by atoms with E-state index >= 15 is 0 Å². The monoisotopic (exact) mass is 307 g/mol. The van der Waals surface area contributed by atoms with Crippen LogP contribution in [0.4, 0.5) is 0 Å². The highest BCUT2D eigenvalue weighted by molar-refractivity contribution is 5.89. The lowest BCUT2D eigenvalue weighted by molar-refractivity contribution is 0.0695. The molecule has 112 valence electrons. The van der Waals surface area contributed by atoms with Gasteiger partial charge in [-0.15, -0.1) is 12.4 Å². The molecule has 0 atom stereocenters. The Morgan fingerprint density at radius 3 is 2.38 bits per heavy atom. The van der Waals surface area contributed by atoms with Crippen molar-refractivity contribution in [3.63, 3.8) is 0 Å². The van der Waals surface area contributed by atoms with Crippen molar-refractivity contribution in [2.75, 3.05) is 7.11 Å². The van der Waals surface area contributed by atoms with E-state index in [2.05, 4.69) is 5.32 Å². The van der Waals surface area contributed by atoms with Crippen LogP contribution in [0.15, 0.2) is 48.5 Å². The minimum atomic E-state index is -0.896. The van der Waals surface area contributed by atoms with Crippen LogP contribution < -0.4 is 10.1 Å². The maximum Gasteiger partial charge on any atom is 0.336 e. The summed E-state index contributed by atoms with van der Waals surface area (Å²) in [5.74, 6) is -0.0724. The summed E-state index contributed by atoms with van der Waals surface area (Å²) in [6, 6.07) is 14.8. The van der Waals surface area contributed by atoms with E-state index in [0.717, 1.165) is 16.9 Å². The Balaban J connectivity index is 0.00000220. The third kappa shape index (κ3) is 4.77. The van der Waals surface area contributed by atoms with Crippen LogP contribution in [0.1, 0.15) is 21.5 Å². The minimum absolute atomic E-state index is 0. The Kier molecular flexibility index (Phi) is 6.72. The largest absolute Gasteiger partial charge is 0.497 e. The Labute approximate surface area is 130 Å². The van der Waals surface area contributed by atoms with Gasteiger partial charge in [0.25, 0.3) is 0 Å². The second-order valence-electron chi connectivity index (χ2n) is 4.41. The number of rotatable bonds is 6. The lowest BCUT2D eigenvalue weighted by Crippen LogP contribution is -2.15. The second kappa shape index (κ2) is 8.29. The molecule has 2 N–H and O–H groups in total. The van der Waals surface area contributed by atoms with Crippen molar-refractivity contribution < 1.29 is 14.6 Å². The fourth-order valence-corrected chi connectivity index (χ4v) is 1.97. The van der Waals surface area contributed by atoms with Crippen LogP contribution in [0.2, 0.25) is 0 Å². The average Bonchev–Trinajstić information content (AvgIpc) is 2.48. The van der Waals surface area contributed by atoms with E-state index in [1.807, 2.05) is 36.4 Å². The van der Waals surface area contributed by atoms with Crippen molar-refractivity contribution in [3.05, 3.63) is 65.2 Å². The average molecular weight is 308 g/mol. The molecular weight excluding hydrogens is 290 g/mol. The zero-order chi connectivity index (χ0) is 14.4. The number of benzene rings is 2. The highest BCUT2D eigenvalue weighted by atomic mass is 35.5. The third-order valence-electron chi connectivity index (χ3n) is 3.05. The first-order valence-electron chi connectivity index (χ1n) is 6.35. The van der Waals surface area contributed by atoms with E-state index in [1.54, 1.807) is 19.2 Å². The van der Waals surface area contributed by atoms with Gasteiger partial charge in [0.05, 0.1) is 12.7 Å². The Morgan fingerprint density at radius 1 is 1.10 bits per heavy atom. The van der Waals surface area contributed by atoms with Crippen molar-refractivity contribution in [1.82, 2.24) is 5.32 Å². The number of carbonyl (C=O) groups is 1. The molecule has 2 rings (SSSR count). The van der Waals surface area contributed by atoms with Gasteiger partial charge >= 0.3 is 5.97 Å². The molecule has 2 aromatic rings. The molecule has 0 bridgehead atoms. The van der Waals surface area contributed by atoms with Crippen LogP contribution in [0.25, 0.3) is 0 Å². The molecule has 0 heterocycles. The van der Waals surface area contributed by atoms with Gasteiger partial charge in [0, 0.05) is 13.1 Å². The zero-order valence-electron chi connectivity index (χ0n) is 11.7. The molecule has 0 unspecified atom stereocenters. The molecule has 0 saturated carbocycles. The Morgan fingerprint density at radius 2 is 1.76 bits per heavy atom. The lowest BCUT2D eigenvalue weighted by atomic mass is 10.1. The van der Waals surface area contributed by atoms with E-state index in [-0.39, 0.29) is 12.4 Å². The first kappa shape index (κ1) is 17.0. The van der Waals surface area contributed by atoms with Gasteiger partial charge < -0.3 is 15.2 Å². The summed E-state index contributed by atoms with van der Waals surface area (Å²) in [5.41, 5.74) is 2.25. The van der Waals surface area contributed by atoms with E-state index < -0.39 is 5.97 Å². The SMILES string of the molecule is COc1ccc(CNCc2ccccc2C(=O)O)cc1.Cl. The molecule has 0 amide bonds. The molecule has 2 aromatic carbocycles. The van der Waals surface area contributed by atoms with Crippen molar-refractivity contribution in [1.29, 1.82) is 0 Å². The maximum atomic E-state index is 11.1. The van der Waals surface area contributed by atoms with Gasteiger partial charge in [-0.25, -0.2) is 4.79 Å². The third-order valence-corrected chi connectivity index (χ3v) is 3.05. The minimum Gasteiger partial charge on any atom is -0.497 e. The van der Waals surface area contributed by atoms with Gasteiger partial charge in [-0.3, -0.25) is 0 Å². The molecule has 0 aliphatic rings. The molecule has 0 spiro atoms. The molecule has 0 fully saturated rings. The van der Waals surface area contributed by atoms with Crippen LogP contribution in [0.5, 0.6) is 5.75 Å². The van der Waals surface area contributed by atoms with Gasteiger partial charge in [0.15, 0.2) is 0 Å². The van der Waals surface area contributed by atoms with Crippen molar-refractivity contribution in [2.24, 2.45) is 0 Å². The molecule has 5 heteroatoms. The summed E-state index contributed by atoms with van der Waals surface area (Å²) < 4.78 is 5.10. The number of nitrogens with one attached hydrogen (secondary N) is 1. The predicted octanol–water partition coefficient (Wildman–Crippen LogP) is 3.11. The Hall–Kier alpha value is -2.04. The van der Waals surface area contributed by atoms with Crippen LogP contribution in [-0.4, -0.2) is 18.2 Å². The number of carboxylic acid groups (broad SMARTS) is 1. The van der Waals surface area contributed by atoms with Crippen LogP contribution >= 0.6 is 12.4 Å². The standard InChI is InChI=1S/C16H17NO3.ClH/c1-20-14-8-6-12(7-9-14)10-17-11-13-4-2-3-5-15(13)16(18)19;/h2-9,17H,10-11H2,1H3,(H,18,19);1H. The molecular formula is C16H18ClNO3. The van der Waals surface area contributed by atoms with Crippen molar-refractivity contribution in [2.45, 2.75) is 13.1 Å². The van der Waals surface area contributed by atoms with Crippen LogP contribution in [0.3, 0.4) is 0 Å². The fourth-order valence-electron chi connectivity index (χ4n) is 1.97. The number of hydrogen-bond donors (Lipinski definition) is 2. The van der Waals surface area contributed by atoms with Gasteiger partial charge in [0.1, 0.15) is 5.75 Å². The Bertz CT molecular complexity index is 584. The summed E-state index contributed by atoms with van der Waals surface area (Å²) in [5, 5.41) is 12.3. The number of methoxy groups -OCH3 is 1. The summed E-state index contributed by atoms with van der Waals surface area (Å²) in [7, 11) is 1.64.